The van der Waals surface area contributed by atoms with Crippen molar-refractivity contribution in [1.29, 1.82) is 0 Å². The minimum Gasteiger partial charge on any atom is -0.496 e. The molecule has 0 spiro atoms. The van der Waals surface area contributed by atoms with Crippen LogP contribution in [0, 0.1) is 0 Å². The Morgan fingerprint density at radius 3 is 2.73 bits per heavy atom. The van der Waals surface area contributed by atoms with Gasteiger partial charge in [-0.3, -0.25) is 4.79 Å². The Morgan fingerprint density at radius 2 is 2.00 bits per heavy atom. The van der Waals surface area contributed by atoms with Gasteiger partial charge in [-0.2, -0.15) is 0 Å². The summed E-state index contributed by atoms with van der Waals surface area (Å²) in [5.41, 5.74) is 0.959. The first kappa shape index (κ1) is 17.1. The highest BCUT2D eigenvalue weighted by molar-refractivity contribution is 8.03. The van der Waals surface area contributed by atoms with Crippen molar-refractivity contribution in [2.45, 2.75) is 22.1 Å². The van der Waals surface area contributed by atoms with E-state index in [-0.39, 0.29) is 5.91 Å². The predicted octanol–water partition coefficient (Wildman–Crippen LogP) is 3.07. The lowest BCUT2D eigenvalue weighted by Gasteiger charge is -2.09. The molecule has 1 aromatic heterocycles. The van der Waals surface area contributed by atoms with Gasteiger partial charge in [0.15, 0.2) is 8.68 Å². The van der Waals surface area contributed by atoms with Crippen molar-refractivity contribution in [2.24, 2.45) is 0 Å². The van der Waals surface area contributed by atoms with Crippen LogP contribution in [0.25, 0.3) is 0 Å². The van der Waals surface area contributed by atoms with Crippen LogP contribution < -0.4 is 10.1 Å². The number of benzene rings is 1. The van der Waals surface area contributed by atoms with Crippen molar-refractivity contribution in [2.75, 3.05) is 18.6 Å². The standard InChI is InChI=1S/C14H17N3O2S3/c1-3-20-13-16-17-14(22-13)21-9-12(18)15-8-10-6-4-5-7-11(10)19-2/h4-7H,3,8-9H2,1-2H3,(H,15,18). The zero-order valence-electron chi connectivity index (χ0n) is 12.4. The summed E-state index contributed by atoms with van der Waals surface area (Å²) in [4.78, 5) is 11.9. The number of rotatable bonds is 8. The predicted molar refractivity (Wildman–Crippen MR) is 91.9 cm³/mol. The first-order chi connectivity index (χ1) is 10.7. The molecule has 0 saturated heterocycles. The zero-order valence-corrected chi connectivity index (χ0v) is 14.8. The molecule has 0 aliphatic heterocycles. The topological polar surface area (TPSA) is 64.1 Å². The van der Waals surface area contributed by atoms with Gasteiger partial charge in [0, 0.05) is 12.1 Å². The molecule has 1 heterocycles. The Morgan fingerprint density at radius 1 is 1.27 bits per heavy atom. The third kappa shape index (κ3) is 5.19. The molecule has 0 aliphatic rings. The fourth-order valence-electron chi connectivity index (χ4n) is 1.66. The lowest BCUT2D eigenvalue weighted by atomic mass is 10.2. The van der Waals surface area contributed by atoms with Gasteiger partial charge in [-0.15, -0.1) is 10.2 Å². The molecule has 2 rings (SSSR count). The number of hydrogen-bond acceptors (Lipinski definition) is 7. The number of amides is 1. The van der Waals surface area contributed by atoms with Crippen LogP contribution in [-0.4, -0.2) is 34.7 Å². The highest BCUT2D eigenvalue weighted by Gasteiger charge is 2.09. The first-order valence-electron chi connectivity index (χ1n) is 6.70. The van der Waals surface area contributed by atoms with Gasteiger partial charge in [-0.25, -0.2) is 0 Å². The number of ether oxygens (including phenoxy) is 1. The maximum atomic E-state index is 11.9. The van der Waals surface area contributed by atoms with Gasteiger partial charge in [-0.05, 0) is 11.8 Å². The summed E-state index contributed by atoms with van der Waals surface area (Å²) >= 11 is 4.59. The summed E-state index contributed by atoms with van der Waals surface area (Å²) in [5.74, 6) is 2.05. The van der Waals surface area contributed by atoms with E-state index >= 15 is 0 Å². The lowest BCUT2D eigenvalue weighted by molar-refractivity contribution is -0.118. The zero-order chi connectivity index (χ0) is 15.8. The summed E-state index contributed by atoms with van der Waals surface area (Å²) in [6.45, 7) is 2.53. The number of aromatic nitrogens is 2. The second-order valence-corrected chi connectivity index (χ2v) is 7.86. The Balaban J connectivity index is 1.78. The number of hydrogen-bond donors (Lipinski definition) is 1. The smallest absolute Gasteiger partial charge is 0.230 e. The van der Waals surface area contributed by atoms with Crippen LogP contribution in [0.3, 0.4) is 0 Å². The monoisotopic (exact) mass is 355 g/mol. The summed E-state index contributed by atoms with van der Waals surface area (Å²) in [6, 6.07) is 7.64. The van der Waals surface area contributed by atoms with E-state index in [4.69, 9.17) is 4.74 Å². The maximum absolute atomic E-state index is 11.9. The first-order valence-corrected chi connectivity index (χ1v) is 9.49. The van der Waals surface area contributed by atoms with Gasteiger partial charge in [0.1, 0.15) is 5.75 Å². The van der Waals surface area contributed by atoms with Crippen LogP contribution >= 0.6 is 34.9 Å². The summed E-state index contributed by atoms with van der Waals surface area (Å²) < 4.78 is 7.02. The molecular formula is C14H17N3O2S3. The van der Waals surface area contributed by atoms with Gasteiger partial charge in [-0.1, -0.05) is 60.0 Å². The Kier molecular flexibility index (Phi) is 7.01. The molecule has 22 heavy (non-hydrogen) atoms. The van der Waals surface area contributed by atoms with Crippen LogP contribution in [0.2, 0.25) is 0 Å². The van der Waals surface area contributed by atoms with Crippen LogP contribution in [0.4, 0.5) is 0 Å². The average Bonchev–Trinajstić information content (AvgIpc) is 2.99. The molecule has 2 aromatic rings. The normalized spacial score (nSPS) is 10.5. The number of carbonyl (C=O) groups excluding carboxylic acids is 1. The van der Waals surface area contributed by atoms with E-state index in [2.05, 4.69) is 22.4 Å². The highest BCUT2D eigenvalue weighted by atomic mass is 32.2. The van der Waals surface area contributed by atoms with E-state index in [9.17, 15) is 4.79 Å². The van der Waals surface area contributed by atoms with Crippen molar-refractivity contribution in [3.05, 3.63) is 29.8 Å². The maximum Gasteiger partial charge on any atom is 0.230 e. The second kappa shape index (κ2) is 9.02. The SMILES string of the molecule is CCSc1nnc(SCC(=O)NCc2ccccc2OC)s1. The van der Waals surface area contributed by atoms with E-state index in [1.807, 2.05) is 24.3 Å². The Bertz CT molecular complexity index is 619. The molecule has 8 heteroatoms. The molecule has 5 nitrogen and oxygen atoms in total. The molecule has 0 fully saturated rings. The van der Waals surface area contributed by atoms with Crippen molar-refractivity contribution in [1.82, 2.24) is 15.5 Å². The number of methoxy groups -OCH3 is 1. The molecule has 1 amide bonds. The third-order valence-corrected chi connectivity index (χ3v) is 5.72. The molecule has 0 aliphatic carbocycles. The number of carbonyl (C=O) groups is 1. The molecule has 0 radical (unpaired) electrons. The van der Waals surface area contributed by atoms with E-state index < -0.39 is 0 Å². The second-order valence-electron chi connectivity index (χ2n) is 4.14. The number of nitrogens with zero attached hydrogens (tertiary/aromatic N) is 2. The largest absolute Gasteiger partial charge is 0.496 e. The van der Waals surface area contributed by atoms with Crippen LogP contribution in [0.5, 0.6) is 5.75 Å². The highest BCUT2D eigenvalue weighted by Crippen LogP contribution is 2.28. The van der Waals surface area contributed by atoms with Gasteiger partial charge in [0.2, 0.25) is 5.91 Å². The number of para-hydroxylation sites is 1. The van der Waals surface area contributed by atoms with Gasteiger partial charge in [0.25, 0.3) is 0 Å². The van der Waals surface area contributed by atoms with E-state index in [0.717, 1.165) is 25.7 Å². The number of nitrogens with one attached hydrogen (secondary N) is 1. The Labute approximate surface area is 142 Å². The third-order valence-electron chi connectivity index (χ3n) is 2.65. The molecule has 0 atom stereocenters. The van der Waals surface area contributed by atoms with E-state index in [1.165, 1.54) is 23.1 Å². The van der Waals surface area contributed by atoms with Crippen molar-refractivity contribution < 1.29 is 9.53 Å². The fraction of sp³-hybridized carbons (Fsp3) is 0.357. The van der Waals surface area contributed by atoms with Gasteiger partial charge < -0.3 is 10.1 Å². The van der Waals surface area contributed by atoms with E-state index in [0.29, 0.717) is 12.3 Å². The molecule has 1 N–H and O–H groups in total. The van der Waals surface area contributed by atoms with Crippen molar-refractivity contribution >= 4 is 40.8 Å². The van der Waals surface area contributed by atoms with Gasteiger partial charge in [0.05, 0.1) is 12.9 Å². The molecular weight excluding hydrogens is 338 g/mol. The number of thioether (sulfide) groups is 2. The average molecular weight is 356 g/mol. The summed E-state index contributed by atoms with van der Waals surface area (Å²) in [7, 11) is 1.62. The minimum absolute atomic E-state index is 0.0317. The lowest BCUT2D eigenvalue weighted by Crippen LogP contribution is -2.24. The van der Waals surface area contributed by atoms with E-state index in [1.54, 1.807) is 18.9 Å². The van der Waals surface area contributed by atoms with Crippen molar-refractivity contribution in [3.8, 4) is 5.75 Å². The molecule has 0 unspecified atom stereocenters. The summed E-state index contributed by atoms with van der Waals surface area (Å²) in [5, 5.41) is 11.0. The quantitative estimate of drug-likeness (QED) is 0.734. The van der Waals surface area contributed by atoms with Crippen LogP contribution in [0.1, 0.15) is 12.5 Å². The molecule has 0 saturated carbocycles. The van der Waals surface area contributed by atoms with Crippen molar-refractivity contribution in [3.63, 3.8) is 0 Å². The molecule has 1 aromatic carbocycles. The molecule has 118 valence electrons. The Hall–Kier alpha value is -1.25. The summed E-state index contributed by atoms with van der Waals surface area (Å²) in [6.07, 6.45) is 0. The van der Waals surface area contributed by atoms with Crippen LogP contribution in [-0.2, 0) is 11.3 Å². The fourth-order valence-corrected chi connectivity index (χ4v) is 4.41. The van der Waals surface area contributed by atoms with Gasteiger partial charge >= 0.3 is 0 Å². The minimum atomic E-state index is -0.0317. The molecule has 0 bridgehead atoms. The van der Waals surface area contributed by atoms with Crippen LogP contribution in [0.15, 0.2) is 32.9 Å².